The summed E-state index contributed by atoms with van der Waals surface area (Å²) in [5.41, 5.74) is 2.60. The fraction of sp³-hybridized carbons (Fsp3) is 0.273. The molecule has 2 heterocycles. The number of amides is 2. The third kappa shape index (κ3) is 3.69. The summed E-state index contributed by atoms with van der Waals surface area (Å²) in [5, 5.41) is 0.891. The van der Waals surface area contributed by atoms with Gasteiger partial charge in [-0.2, -0.15) is 0 Å². The highest BCUT2D eigenvalue weighted by atomic mass is 79.9. The Morgan fingerprint density at radius 1 is 0.929 bits per heavy atom. The first-order valence-corrected chi connectivity index (χ1v) is 10.2. The van der Waals surface area contributed by atoms with Crippen LogP contribution in [-0.4, -0.2) is 47.8 Å². The van der Waals surface area contributed by atoms with Gasteiger partial charge in [-0.1, -0.05) is 35.0 Å². The van der Waals surface area contributed by atoms with Crippen molar-refractivity contribution in [2.24, 2.45) is 0 Å². The van der Waals surface area contributed by atoms with E-state index in [9.17, 15) is 9.59 Å². The van der Waals surface area contributed by atoms with Crippen molar-refractivity contribution in [2.75, 3.05) is 26.2 Å². The first-order chi connectivity index (χ1) is 13.5. The number of carbonyl (C=O) groups is 2. The minimum atomic E-state index is -0.133. The zero-order valence-corrected chi connectivity index (χ0v) is 17.2. The summed E-state index contributed by atoms with van der Waals surface area (Å²) in [4.78, 5) is 29.0. The number of nitrogens with zero attached hydrogens (tertiary/aromatic N) is 2. The van der Waals surface area contributed by atoms with E-state index in [1.54, 1.807) is 15.9 Å². The third-order valence-electron chi connectivity index (χ3n) is 5.15. The number of hydrogen-bond acceptors (Lipinski definition) is 3. The molecule has 0 N–H and O–H groups in total. The van der Waals surface area contributed by atoms with Crippen molar-refractivity contribution in [2.45, 2.75) is 13.3 Å². The Balaban J connectivity index is 1.41. The van der Waals surface area contributed by atoms with E-state index in [-0.39, 0.29) is 11.8 Å². The number of benzene rings is 2. The second kappa shape index (κ2) is 7.80. The van der Waals surface area contributed by atoms with Gasteiger partial charge in [-0.05, 0) is 48.4 Å². The summed E-state index contributed by atoms with van der Waals surface area (Å²) < 4.78 is 6.65. The molecule has 0 radical (unpaired) electrons. The lowest BCUT2D eigenvalue weighted by atomic mass is 10.1. The molecule has 1 fully saturated rings. The number of aryl methyl sites for hydroxylation is 1. The number of fused-ring (bicyclic) bond motifs is 1. The van der Waals surface area contributed by atoms with E-state index in [2.05, 4.69) is 22.9 Å². The zero-order valence-electron chi connectivity index (χ0n) is 15.7. The van der Waals surface area contributed by atoms with Crippen molar-refractivity contribution in [1.29, 1.82) is 0 Å². The molecular formula is C22H21BrN2O3. The Kier molecular flexibility index (Phi) is 5.22. The molecule has 0 bridgehead atoms. The molecule has 0 atom stereocenters. The Labute approximate surface area is 172 Å². The lowest BCUT2D eigenvalue weighted by Crippen LogP contribution is -2.50. The van der Waals surface area contributed by atoms with Gasteiger partial charge in [-0.3, -0.25) is 9.59 Å². The minimum absolute atomic E-state index is 0.0170. The van der Waals surface area contributed by atoms with Gasteiger partial charge in [-0.15, -0.1) is 0 Å². The van der Waals surface area contributed by atoms with Gasteiger partial charge in [0, 0.05) is 41.6 Å². The maximum atomic E-state index is 12.8. The van der Waals surface area contributed by atoms with Crippen LogP contribution in [0.15, 0.2) is 57.4 Å². The molecule has 1 aromatic heterocycles. The van der Waals surface area contributed by atoms with Crippen molar-refractivity contribution >= 4 is 38.7 Å². The third-order valence-corrected chi connectivity index (χ3v) is 5.65. The van der Waals surface area contributed by atoms with Crippen LogP contribution in [0.2, 0.25) is 0 Å². The quantitative estimate of drug-likeness (QED) is 0.607. The molecule has 2 amide bonds. The number of rotatable bonds is 3. The summed E-state index contributed by atoms with van der Waals surface area (Å²) >= 11 is 3.43. The second-order valence-corrected chi connectivity index (χ2v) is 7.84. The van der Waals surface area contributed by atoms with Crippen LogP contribution in [0.1, 0.15) is 33.4 Å². The zero-order chi connectivity index (χ0) is 19.7. The van der Waals surface area contributed by atoms with Crippen LogP contribution in [0.25, 0.3) is 11.0 Å². The molecule has 5 nitrogen and oxygen atoms in total. The number of piperazine rings is 1. The minimum Gasteiger partial charge on any atom is -0.451 e. The highest BCUT2D eigenvalue weighted by Crippen LogP contribution is 2.24. The van der Waals surface area contributed by atoms with Gasteiger partial charge < -0.3 is 14.2 Å². The first-order valence-electron chi connectivity index (χ1n) is 9.42. The molecule has 0 saturated carbocycles. The largest absolute Gasteiger partial charge is 0.451 e. The molecule has 1 saturated heterocycles. The SMILES string of the molecule is CCc1ccc(C(=O)N2CCN(C(=O)c3cc4cc(Br)ccc4o3)CC2)cc1. The summed E-state index contributed by atoms with van der Waals surface area (Å²) in [6, 6.07) is 15.2. The van der Waals surface area contributed by atoms with Gasteiger partial charge in [0.05, 0.1) is 0 Å². The van der Waals surface area contributed by atoms with E-state index in [4.69, 9.17) is 4.42 Å². The molecule has 28 heavy (non-hydrogen) atoms. The summed E-state index contributed by atoms with van der Waals surface area (Å²) in [6.45, 7) is 4.13. The number of carbonyl (C=O) groups excluding carboxylic acids is 2. The first kappa shape index (κ1) is 18.7. The van der Waals surface area contributed by atoms with Crippen molar-refractivity contribution in [3.63, 3.8) is 0 Å². The van der Waals surface area contributed by atoms with Crippen LogP contribution in [-0.2, 0) is 6.42 Å². The number of halogens is 1. The molecule has 4 rings (SSSR count). The second-order valence-electron chi connectivity index (χ2n) is 6.93. The van der Waals surface area contributed by atoms with Crippen LogP contribution < -0.4 is 0 Å². The lowest BCUT2D eigenvalue weighted by molar-refractivity contribution is 0.0519. The maximum Gasteiger partial charge on any atom is 0.289 e. The van der Waals surface area contributed by atoms with Crippen LogP contribution in [0.3, 0.4) is 0 Å². The Hall–Kier alpha value is -2.60. The fourth-order valence-electron chi connectivity index (χ4n) is 3.45. The Morgan fingerprint density at radius 2 is 1.57 bits per heavy atom. The predicted molar refractivity (Wildman–Crippen MR) is 112 cm³/mol. The lowest BCUT2D eigenvalue weighted by Gasteiger charge is -2.34. The molecule has 1 aliphatic heterocycles. The highest BCUT2D eigenvalue weighted by molar-refractivity contribution is 9.10. The van der Waals surface area contributed by atoms with Gasteiger partial charge in [0.1, 0.15) is 5.58 Å². The molecule has 144 valence electrons. The number of furan rings is 1. The van der Waals surface area contributed by atoms with E-state index < -0.39 is 0 Å². The van der Waals surface area contributed by atoms with Gasteiger partial charge in [-0.25, -0.2) is 0 Å². The van der Waals surface area contributed by atoms with Gasteiger partial charge in [0.15, 0.2) is 5.76 Å². The molecule has 0 unspecified atom stereocenters. The van der Waals surface area contributed by atoms with Crippen molar-refractivity contribution in [3.05, 3.63) is 69.9 Å². The summed E-state index contributed by atoms with van der Waals surface area (Å²) in [6.07, 6.45) is 0.952. The van der Waals surface area contributed by atoms with Crippen molar-refractivity contribution in [3.8, 4) is 0 Å². The molecule has 0 spiro atoms. The summed E-state index contributed by atoms with van der Waals surface area (Å²) in [7, 11) is 0. The average molecular weight is 441 g/mol. The summed E-state index contributed by atoms with van der Waals surface area (Å²) in [5.74, 6) is 0.220. The maximum absolute atomic E-state index is 12.8. The van der Waals surface area contributed by atoms with Gasteiger partial charge in [0.2, 0.25) is 0 Å². The Morgan fingerprint density at radius 3 is 2.21 bits per heavy atom. The molecule has 3 aromatic rings. The fourth-order valence-corrected chi connectivity index (χ4v) is 3.83. The van der Waals surface area contributed by atoms with E-state index in [1.165, 1.54) is 5.56 Å². The van der Waals surface area contributed by atoms with Crippen LogP contribution in [0, 0.1) is 0 Å². The van der Waals surface area contributed by atoms with E-state index in [0.29, 0.717) is 43.1 Å². The highest BCUT2D eigenvalue weighted by Gasteiger charge is 2.27. The average Bonchev–Trinajstić information content (AvgIpc) is 3.16. The smallest absolute Gasteiger partial charge is 0.289 e. The van der Waals surface area contributed by atoms with Gasteiger partial charge in [0.25, 0.3) is 11.8 Å². The van der Waals surface area contributed by atoms with Crippen molar-refractivity contribution in [1.82, 2.24) is 9.80 Å². The molecule has 6 heteroatoms. The van der Waals surface area contributed by atoms with E-state index in [1.807, 2.05) is 42.5 Å². The number of hydrogen-bond donors (Lipinski definition) is 0. The van der Waals surface area contributed by atoms with E-state index in [0.717, 1.165) is 16.3 Å². The van der Waals surface area contributed by atoms with Crippen LogP contribution in [0.4, 0.5) is 0 Å². The van der Waals surface area contributed by atoms with Gasteiger partial charge >= 0.3 is 0 Å². The molecule has 1 aliphatic rings. The van der Waals surface area contributed by atoms with E-state index >= 15 is 0 Å². The Bertz CT molecular complexity index is 1020. The van der Waals surface area contributed by atoms with Crippen LogP contribution >= 0.6 is 15.9 Å². The topological polar surface area (TPSA) is 53.8 Å². The standard InChI is InChI=1S/C22H21BrN2O3/c1-2-15-3-5-16(6-4-15)21(26)24-9-11-25(12-10-24)22(27)20-14-17-13-18(23)7-8-19(17)28-20/h3-8,13-14H,2,9-12H2,1H3. The molecule has 2 aromatic carbocycles. The predicted octanol–water partition coefficient (Wildman–Crippen LogP) is 4.36. The normalized spacial score (nSPS) is 14.5. The van der Waals surface area contributed by atoms with Crippen LogP contribution in [0.5, 0.6) is 0 Å². The van der Waals surface area contributed by atoms with Crippen molar-refractivity contribution < 1.29 is 14.0 Å². The monoisotopic (exact) mass is 440 g/mol. The molecule has 0 aliphatic carbocycles. The molecular weight excluding hydrogens is 420 g/mol.